The lowest BCUT2D eigenvalue weighted by atomic mass is 9.91. The minimum Gasteiger partial charge on any atom is -0.394 e. The lowest BCUT2D eigenvalue weighted by Crippen LogP contribution is -2.51. The van der Waals surface area contributed by atoms with E-state index < -0.39 is 0 Å². The van der Waals surface area contributed by atoms with Crippen LogP contribution < -0.4 is 5.32 Å². The molecule has 1 unspecified atom stereocenters. The van der Waals surface area contributed by atoms with E-state index in [1.165, 1.54) is 4.90 Å². The number of thioether (sulfide) groups is 1. The Morgan fingerprint density at radius 1 is 1.37 bits per heavy atom. The third-order valence-corrected chi connectivity index (χ3v) is 4.39. The van der Waals surface area contributed by atoms with Crippen molar-refractivity contribution in [1.29, 1.82) is 0 Å². The summed E-state index contributed by atoms with van der Waals surface area (Å²) in [6.45, 7) is 6.61. The molecule has 0 spiro atoms. The van der Waals surface area contributed by atoms with Gasteiger partial charge in [0, 0.05) is 28.9 Å². The zero-order chi connectivity index (χ0) is 14.1. The maximum Gasteiger partial charge on any atom is 0.0613 e. The summed E-state index contributed by atoms with van der Waals surface area (Å²) >= 11 is 1.85. The van der Waals surface area contributed by atoms with Gasteiger partial charge >= 0.3 is 0 Å². The first-order chi connectivity index (χ1) is 9.12. The van der Waals surface area contributed by atoms with Crippen LogP contribution in [0.5, 0.6) is 0 Å². The fourth-order valence-corrected chi connectivity index (χ4v) is 3.07. The lowest BCUT2D eigenvalue weighted by Gasteiger charge is -2.34. The van der Waals surface area contributed by atoms with Gasteiger partial charge in [0.15, 0.2) is 0 Å². The summed E-state index contributed by atoms with van der Waals surface area (Å²) in [6, 6.07) is 4.48. The molecule has 0 saturated carbocycles. The Balaban J connectivity index is 2.36. The zero-order valence-corrected chi connectivity index (χ0v) is 13.0. The number of nitrogens with zero attached hydrogens (tertiary/aromatic N) is 1. The van der Waals surface area contributed by atoms with Gasteiger partial charge in [0.25, 0.3) is 0 Å². The molecule has 0 aliphatic carbocycles. The third-order valence-electron chi connectivity index (χ3n) is 3.29. The second-order valence-corrected chi connectivity index (χ2v) is 6.39. The summed E-state index contributed by atoms with van der Waals surface area (Å²) in [5.41, 5.74) is -0.118. The lowest BCUT2D eigenvalue weighted by molar-refractivity contribution is 0.137. The molecule has 19 heavy (non-hydrogen) atoms. The van der Waals surface area contributed by atoms with Gasteiger partial charge in [-0.2, -0.15) is 0 Å². The van der Waals surface area contributed by atoms with Gasteiger partial charge in [-0.05, 0) is 37.1 Å². The highest BCUT2D eigenvalue weighted by Crippen LogP contribution is 2.23. The molecular formula is C15H26N2OS. The molecule has 1 aromatic heterocycles. The Morgan fingerprint density at radius 3 is 2.58 bits per heavy atom. The maximum atomic E-state index is 9.66. The van der Waals surface area contributed by atoms with E-state index in [9.17, 15) is 5.11 Å². The van der Waals surface area contributed by atoms with Crippen molar-refractivity contribution in [2.75, 3.05) is 12.4 Å². The van der Waals surface area contributed by atoms with E-state index in [1.54, 1.807) is 0 Å². The van der Waals surface area contributed by atoms with E-state index in [0.717, 1.165) is 25.0 Å². The molecule has 1 rings (SSSR count). The minimum atomic E-state index is -0.118. The van der Waals surface area contributed by atoms with Gasteiger partial charge in [-0.25, -0.2) is 0 Å². The smallest absolute Gasteiger partial charge is 0.0613 e. The molecule has 108 valence electrons. The van der Waals surface area contributed by atoms with Crippen molar-refractivity contribution < 1.29 is 5.11 Å². The Kier molecular flexibility index (Phi) is 7.42. The predicted octanol–water partition coefficient (Wildman–Crippen LogP) is 3.09. The van der Waals surface area contributed by atoms with Crippen LogP contribution in [-0.2, 0) is 0 Å². The van der Waals surface area contributed by atoms with Crippen LogP contribution in [0.1, 0.15) is 40.0 Å². The predicted molar refractivity (Wildman–Crippen MR) is 82.6 cm³/mol. The third kappa shape index (κ3) is 5.93. The Labute approximate surface area is 121 Å². The molecule has 1 atom stereocenters. The molecule has 0 fully saturated rings. The molecule has 0 bridgehead atoms. The van der Waals surface area contributed by atoms with Gasteiger partial charge in [0.05, 0.1) is 6.61 Å². The topological polar surface area (TPSA) is 45.2 Å². The van der Waals surface area contributed by atoms with Crippen LogP contribution in [-0.4, -0.2) is 34.0 Å². The second-order valence-electron chi connectivity index (χ2n) is 5.23. The Hall–Kier alpha value is -0.580. The number of aliphatic hydroxyl groups excluding tert-OH is 1. The van der Waals surface area contributed by atoms with E-state index in [2.05, 4.69) is 31.1 Å². The molecule has 4 heteroatoms. The van der Waals surface area contributed by atoms with E-state index in [0.29, 0.717) is 6.04 Å². The number of pyridine rings is 1. The van der Waals surface area contributed by atoms with Crippen LogP contribution in [0.15, 0.2) is 29.4 Å². The van der Waals surface area contributed by atoms with E-state index >= 15 is 0 Å². The first-order valence-electron chi connectivity index (χ1n) is 7.03. The van der Waals surface area contributed by atoms with Gasteiger partial charge in [0.1, 0.15) is 0 Å². The van der Waals surface area contributed by atoms with E-state index in [4.69, 9.17) is 0 Å². The normalized spacial score (nSPS) is 14.6. The van der Waals surface area contributed by atoms with Crippen molar-refractivity contribution in [3.05, 3.63) is 24.5 Å². The summed E-state index contributed by atoms with van der Waals surface area (Å²) in [6.07, 6.45) is 6.72. The van der Waals surface area contributed by atoms with Crippen molar-refractivity contribution in [3.63, 3.8) is 0 Å². The van der Waals surface area contributed by atoms with Crippen molar-refractivity contribution in [2.45, 2.75) is 56.5 Å². The summed E-state index contributed by atoms with van der Waals surface area (Å²) in [5.74, 6) is 1.07. The van der Waals surface area contributed by atoms with E-state index in [1.807, 2.05) is 36.3 Å². The number of aromatic nitrogens is 1. The highest BCUT2D eigenvalue weighted by Gasteiger charge is 2.26. The highest BCUT2D eigenvalue weighted by molar-refractivity contribution is 7.99. The molecule has 0 aliphatic rings. The molecule has 0 amide bonds. The van der Waals surface area contributed by atoms with Crippen LogP contribution in [0, 0.1) is 0 Å². The fourth-order valence-electron chi connectivity index (χ4n) is 2.23. The van der Waals surface area contributed by atoms with Crippen molar-refractivity contribution in [2.24, 2.45) is 0 Å². The second kappa shape index (κ2) is 8.56. The van der Waals surface area contributed by atoms with Crippen LogP contribution in [0.2, 0.25) is 0 Å². The van der Waals surface area contributed by atoms with Gasteiger partial charge in [0.2, 0.25) is 0 Å². The van der Waals surface area contributed by atoms with Crippen LogP contribution in [0.3, 0.4) is 0 Å². The molecule has 1 aromatic rings. The largest absolute Gasteiger partial charge is 0.394 e. The highest BCUT2D eigenvalue weighted by atomic mass is 32.2. The standard InChI is InChI=1S/C15H26N2OS/c1-4-15(12-18,17-13(2)3)8-5-11-19-14-6-9-16-10-7-14/h6-7,9-10,13,17-18H,4-5,8,11-12H2,1-3H3. The molecule has 0 aromatic carbocycles. The summed E-state index contributed by atoms with van der Waals surface area (Å²) in [5, 5.41) is 13.2. The van der Waals surface area contributed by atoms with E-state index in [-0.39, 0.29) is 12.1 Å². The molecule has 2 N–H and O–H groups in total. The molecule has 3 nitrogen and oxygen atoms in total. The minimum absolute atomic E-state index is 0.118. The van der Waals surface area contributed by atoms with Crippen molar-refractivity contribution in [1.82, 2.24) is 10.3 Å². The number of hydrogen-bond acceptors (Lipinski definition) is 4. The first kappa shape index (κ1) is 16.5. The molecule has 0 radical (unpaired) electrons. The summed E-state index contributed by atoms with van der Waals surface area (Å²) in [4.78, 5) is 5.28. The molecule has 0 saturated heterocycles. The summed E-state index contributed by atoms with van der Waals surface area (Å²) < 4.78 is 0. The molecular weight excluding hydrogens is 256 g/mol. The Bertz CT molecular complexity index is 339. The van der Waals surface area contributed by atoms with Crippen molar-refractivity contribution >= 4 is 11.8 Å². The average molecular weight is 282 g/mol. The molecule has 0 aliphatic heterocycles. The van der Waals surface area contributed by atoms with Crippen LogP contribution in [0.4, 0.5) is 0 Å². The number of aliphatic hydroxyl groups is 1. The quantitative estimate of drug-likeness (QED) is 0.540. The molecule has 1 heterocycles. The number of hydrogen-bond donors (Lipinski definition) is 2. The van der Waals surface area contributed by atoms with Crippen LogP contribution >= 0.6 is 11.8 Å². The van der Waals surface area contributed by atoms with Gasteiger partial charge < -0.3 is 10.4 Å². The summed E-state index contributed by atoms with van der Waals surface area (Å²) in [7, 11) is 0. The SMILES string of the molecule is CCC(CO)(CCCSc1ccncc1)NC(C)C. The average Bonchev–Trinajstić information content (AvgIpc) is 2.43. The first-order valence-corrected chi connectivity index (χ1v) is 8.02. The zero-order valence-electron chi connectivity index (χ0n) is 12.2. The van der Waals surface area contributed by atoms with Crippen LogP contribution in [0.25, 0.3) is 0 Å². The van der Waals surface area contributed by atoms with Gasteiger partial charge in [-0.15, -0.1) is 11.8 Å². The van der Waals surface area contributed by atoms with Gasteiger partial charge in [-0.3, -0.25) is 4.98 Å². The maximum absolute atomic E-state index is 9.66. The van der Waals surface area contributed by atoms with Crippen molar-refractivity contribution in [3.8, 4) is 0 Å². The number of rotatable bonds is 9. The monoisotopic (exact) mass is 282 g/mol. The Morgan fingerprint density at radius 2 is 2.05 bits per heavy atom. The fraction of sp³-hybridized carbons (Fsp3) is 0.667. The number of nitrogens with one attached hydrogen (secondary N) is 1. The van der Waals surface area contributed by atoms with Gasteiger partial charge in [-0.1, -0.05) is 20.8 Å².